The van der Waals surface area contributed by atoms with Crippen LogP contribution in [0, 0.1) is 6.92 Å². The molecule has 3 heterocycles. The smallest absolute Gasteiger partial charge is 0.413 e. The predicted octanol–water partition coefficient (Wildman–Crippen LogP) is 5.04. The van der Waals surface area contributed by atoms with Crippen LogP contribution in [-0.4, -0.2) is 44.9 Å². The van der Waals surface area contributed by atoms with Crippen molar-refractivity contribution in [2.45, 2.75) is 58.6 Å². The minimum Gasteiger partial charge on any atom is -0.444 e. The molecule has 1 atom stereocenters. The minimum absolute atomic E-state index is 0.173. The standard InChI is InChI=1S/C25H29N5O4S/c1-15-11-17(13-26-21(15)29-24(33)34-25(2,3)4)28-22(31)23(32)30-10-6-5-7-19(30)16-8-9-20-18(12-16)27-14-35-20/h8-9,11-14,19H,5-7,10H2,1-4H3,(H,28,31)(H,26,29,33)/t19-/m0/s1. The molecular weight excluding hydrogens is 466 g/mol. The summed E-state index contributed by atoms with van der Waals surface area (Å²) < 4.78 is 6.33. The van der Waals surface area contributed by atoms with Crippen molar-refractivity contribution in [3.8, 4) is 0 Å². The summed E-state index contributed by atoms with van der Waals surface area (Å²) in [5.74, 6) is -0.987. The minimum atomic E-state index is -0.722. The van der Waals surface area contributed by atoms with Gasteiger partial charge in [0.2, 0.25) is 0 Å². The number of carbonyl (C=O) groups excluding carboxylic acids is 3. The van der Waals surface area contributed by atoms with E-state index in [9.17, 15) is 14.4 Å². The van der Waals surface area contributed by atoms with Crippen LogP contribution >= 0.6 is 11.3 Å². The topological polar surface area (TPSA) is 114 Å². The molecule has 35 heavy (non-hydrogen) atoms. The van der Waals surface area contributed by atoms with Gasteiger partial charge in [-0.2, -0.15) is 0 Å². The molecule has 3 aromatic rings. The Morgan fingerprint density at radius 2 is 1.91 bits per heavy atom. The van der Waals surface area contributed by atoms with Gasteiger partial charge in [-0.15, -0.1) is 11.3 Å². The Labute approximate surface area is 207 Å². The van der Waals surface area contributed by atoms with Gasteiger partial charge >= 0.3 is 17.9 Å². The van der Waals surface area contributed by atoms with Crippen molar-refractivity contribution < 1.29 is 19.1 Å². The maximum Gasteiger partial charge on any atom is 0.413 e. The summed E-state index contributed by atoms with van der Waals surface area (Å²) in [6, 6.07) is 7.51. The highest BCUT2D eigenvalue weighted by Gasteiger charge is 2.32. The number of likely N-dealkylation sites (tertiary alicyclic amines) is 1. The first-order valence-electron chi connectivity index (χ1n) is 11.5. The van der Waals surface area contributed by atoms with Crippen molar-refractivity contribution >= 4 is 51.0 Å². The second kappa shape index (κ2) is 9.99. The SMILES string of the molecule is Cc1cc(NC(=O)C(=O)N2CCCC[C@H]2c2ccc3scnc3c2)cnc1NC(=O)OC(C)(C)C. The second-order valence-electron chi connectivity index (χ2n) is 9.56. The van der Waals surface area contributed by atoms with Gasteiger partial charge in [0.05, 0.1) is 33.7 Å². The van der Waals surface area contributed by atoms with E-state index in [1.165, 1.54) is 6.20 Å². The van der Waals surface area contributed by atoms with E-state index in [0.29, 0.717) is 23.6 Å². The number of fused-ring (bicyclic) bond motifs is 1. The van der Waals surface area contributed by atoms with Crippen LogP contribution in [0.3, 0.4) is 0 Å². The number of amides is 3. The van der Waals surface area contributed by atoms with Gasteiger partial charge < -0.3 is 15.0 Å². The summed E-state index contributed by atoms with van der Waals surface area (Å²) in [6.45, 7) is 7.57. The van der Waals surface area contributed by atoms with Gasteiger partial charge in [0.1, 0.15) is 11.4 Å². The van der Waals surface area contributed by atoms with E-state index in [4.69, 9.17) is 4.74 Å². The Bertz CT molecular complexity index is 1270. The molecule has 3 amide bonds. The third-order valence-corrected chi connectivity index (χ3v) is 6.46. The van der Waals surface area contributed by atoms with Crippen LogP contribution in [0.1, 0.15) is 57.2 Å². The number of pyridine rings is 1. The van der Waals surface area contributed by atoms with Gasteiger partial charge in [-0.3, -0.25) is 14.9 Å². The second-order valence-corrected chi connectivity index (χ2v) is 10.4. The summed E-state index contributed by atoms with van der Waals surface area (Å²) in [4.78, 5) is 48.2. The Hall–Kier alpha value is -3.53. The van der Waals surface area contributed by atoms with E-state index < -0.39 is 23.5 Å². The highest BCUT2D eigenvalue weighted by molar-refractivity contribution is 7.16. The number of rotatable bonds is 3. The number of nitrogens with zero attached hydrogens (tertiary/aromatic N) is 3. The zero-order valence-electron chi connectivity index (χ0n) is 20.3. The van der Waals surface area contributed by atoms with Crippen LogP contribution in [0.25, 0.3) is 10.2 Å². The number of aryl methyl sites for hydroxylation is 1. The maximum atomic E-state index is 13.1. The summed E-state index contributed by atoms with van der Waals surface area (Å²) >= 11 is 1.57. The van der Waals surface area contributed by atoms with Crippen molar-refractivity contribution in [1.29, 1.82) is 0 Å². The van der Waals surface area contributed by atoms with Gasteiger partial charge in [-0.1, -0.05) is 6.07 Å². The number of piperidine rings is 1. The lowest BCUT2D eigenvalue weighted by Gasteiger charge is -2.35. The molecule has 1 aliphatic rings. The van der Waals surface area contributed by atoms with Crippen LogP contribution in [-0.2, 0) is 14.3 Å². The number of hydrogen-bond donors (Lipinski definition) is 2. The molecule has 0 spiro atoms. The molecule has 0 radical (unpaired) electrons. The molecule has 1 aliphatic heterocycles. The molecular formula is C25H29N5O4S. The van der Waals surface area contributed by atoms with Crippen molar-refractivity contribution in [2.75, 3.05) is 17.2 Å². The fourth-order valence-electron chi connectivity index (χ4n) is 4.09. The maximum absolute atomic E-state index is 13.1. The van der Waals surface area contributed by atoms with Crippen molar-refractivity contribution in [3.63, 3.8) is 0 Å². The third-order valence-electron chi connectivity index (χ3n) is 5.65. The number of thiazole rings is 1. The van der Waals surface area contributed by atoms with Crippen LogP contribution in [0.2, 0.25) is 0 Å². The summed E-state index contributed by atoms with van der Waals surface area (Å²) in [5, 5.41) is 5.24. The van der Waals surface area contributed by atoms with Crippen molar-refractivity contribution in [3.05, 3.63) is 47.1 Å². The normalized spacial score (nSPS) is 16.1. The first-order chi connectivity index (χ1) is 16.6. The first-order valence-corrected chi connectivity index (χ1v) is 12.4. The Morgan fingerprint density at radius 1 is 1.11 bits per heavy atom. The van der Waals surface area contributed by atoms with Crippen molar-refractivity contribution in [1.82, 2.24) is 14.9 Å². The highest BCUT2D eigenvalue weighted by Crippen LogP contribution is 2.33. The zero-order valence-corrected chi connectivity index (χ0v) is 21.1. The average molecular weight is 496 g/mol. The van der Waals surface area contributed by atoms with Crippen LogP contribution in [0.4, 0.5) is 16.3 Å². The fraction of sp³-hybridized carbons (Fsp3) is 0.400. The van der Waals surface area contributed by atoms with Gasteiger partial charge in [-0.25, -0.2) is 14.8 Å². The Morgan fingerprint density at radius 3 is 2.66 bits per heavy atom. The van der Waals surface area contributed by atoms with E-state index in [0.717, 1.165) is 35.0 Å². The molecule has 10 heteroatoms. The van der Waals surface area contributed by atoms with E-state index >= 15 is 0 Å². The molecule has 9 nitrogen and oxygen atoms in total. The molecule has 0 saturated carbocycles. The number of ether oxygens (including phenoxy) is 1. The molecule has 4 rings (SSSR count). The van der Waals surface area contributed by atoms with Gasteiger partial charge in [0.25, 0.3) is 0 Å². The van der Waals surface area contributed by atoms with Gasteiger partial charge in [-0.05, 0) is 76.3 Å². The quantitative estimate of drug-likeness (QED) is 0.492. The molecule has 1 aromatic carbocycles. The summed E-state index contributed by atoms with van der Waals surface area (Å²) in [6.07, 6.45) is 3.40. The molecule has 2 N–H and O–H groups in total. The molecule has 0 aliphatic carbocycles. The monoisotopic (exact) mass is 495 g/mol. The van der Waals surface area contributed by atoms with Crippen LogP contribution in [0.15, 0.2) is 36.0 Å². The number of aromatic nitrogens is 2. The summed E-state index contributed by atoms with van der Waals surface area (Å²) in [7, 11) is 0. The van der Waals surface area contributed by atoms with E-state index in [1.807, 2.05) is 18.2 Å². The van der Waals surface area contributed by atoms with E-state index in [2.05, 4.69) is 20.6 Å². The molecule has 184 valence electrons. The van der Waals surface area contributed by atoms with Gasteiger partial charge in [0, 0.05) is 6.54 Å². The summed E-state index contributed by atoms with van der Waals surface area (Å²) in [5.41, 5.74) is 4.04. The average Bonchev–Trinajstić information content (AvgIpc) is 3.27. The lowest BCUT2D eigenvalue weighted by molar-refractivity contribution is -0.145. The Balaban J connectivity index is 1.44. The van der Waals surface area contributed by atoms with Crippen molar-refractivity contribution in [2.24, 2.45) is 0 Å². The Kier molecular flexibility index (Phi) is 7.02. The highest BCUT2D eigenvalue weighted by atomic mass is 32.1. The number of anilines is 2. The molecule has 2 aromatic heterocycles. The number of hydrogen-bond acceptors (Lipinski definition) is 7. The predicted molar refractivity (Wildman–Crippen MR) is 135 cm³/mol. The lowest BCUT2D eigenvalue weighted by Crippen LogP contribution is -2.44. The fourth-order valence-corrected chi connectivity index (χ4v) is 4.75. The number of nitrogens with one attached hydrogen (secondary N) is 2. The lowest BCUT2D eigenvalue weighted by atomic mass is 9.95. The first kappa shape index (κ1) is 24.6. The largest absolute Gasteiger partial charge is 0.444 e. The van der Waals surface area contributed by atoms with Crippen LogP contribution < -0.4 is 10.6 Å². The zero-order chi connectivity index (χ0) is 25.2. The number of benzene rings is 1. The van der Waals surface area contributed by atoms with E-state index in [-0.39, 0.29) is 6.04 Å². The van der Waals surface area contributed by atoms with Crippen LogP contribution in [0.5, 0.6) is 0 Å². The number of carbonyl (C=O) groups is 3. The molecule has 1 fully saturated rings. The van der Waals surface area contributed by atoms with Gasteiger partial charge in [0.15, 0.2) is 0 Å². The third kappa shape index (κ3) is 5.94. The molecule has 1 saturated heterocycles. The molecule has 0 bridgehead atoms. The van der Waals surface area contributed by atoms with E-state index in [1.54, 1.807) is 55.5 Å². The molecule has 0 unspecified atom stereocenters.